The summed E-state index contributed by atoms with van der Waals surface area (Å²) in [6.45, 7) is 12.3. The van der Waals surface area contributed by atoms with Gasteiger partial charge in [0.05, 0.1) is 0 Å². The molecule has 0 radical (unpaired) electrons. The summed E-state index contributed by atoms with van der Waals surface area (Å²) in [6, 6.07) is 4.77. The number of pyridine rings is 1. The van der Waals surface area contributed by atoms with Gasteiger partial charge >= 0.3 is 0 Å². The highest BCUT2D eigenvalue weighted by Gasteiger charge is 2.21. The van der Waals surface area contributed by atoms with E-state index in [-0.39, 0.29) is 0 Å². The third-order valence-corrected chi connectivity index (χ3v) is 4.58. The van der Waals surface area contributed by atoms with Crippen molar-refractivity contribution in [3.05, 3.63) is 23.9 Å². The molecule has 21 heavy (non-hydrogen) atoms. The Kier molecular flexibility index (Phi) is 6.04. The Labute approximate surface area is 130 Å². The average molecular weight is 289 g/mol. The molecule has 3 nitrogen and oxygen atoms in total. The van der Waals surface area contributed by atoms with Crippen LogP contribution >= 0.6 is 0 Å². The van der Waals surface area contributed by atoms with Gasteiger partial charge in [-0.1, -0.05) is 33.8 Å². The molecule has 0 amide bonds. The van der Waals surface area contributed by atoms with Gasteiger partial charge in [-0.05, 0) is 37.2 Å². The minimum atomic E-state index is 0.507. The standard InChI is InChI=1S/C18H31N3/c1-14(2)16-8-6-11-21(12-9-16)18-17(7-5-10-19-18)13-20-15(3)4/h5,7,10,14-16,20H,6,8-9,11-13H2,1-4H3. The van der Waals surface area contributed by atoms with Crippen LogP contribution in [0.2, 0.25) is 0 Å². The number of hydrogen-bond acceptors (Lipinski definition) is 3. The number of hydrogen-bond donors (Lipinski definition) is 1. The predicted octanol–water partition coefficient (Wildman–Crippen LogP) is 3.84. The maximum absolute atomic E-state index is 4.68. The monoisotopic (exact) mass is 289 g/mol. The minimum absolute atomic E-state index is 0.507. The van der Waals surface area contributed by atoms with Gasteiger partial charge in [-0.15, -0.1) is 0 Å². The van der Waals surface area contributed by atoms with Gasteiger partial charge in [0.1, 0.15) is 5.82 Å². The second kappa shape index (κ2) is 7.79. The third-order valence-electron chi connectivity index (χ3n) is 4.58. The lowest BCUT2D eigenvalue weighted by atomic mass is 9.89. The van der Waals surface area contributed by atoms with E-state index in [1.165, 1.54) is 30.6 Å². The second-order valence-corrected chi connectivity index (χ2v) is 6.94. The molecule has 1 aromatic heterocycles. The van der Waals surface area contributed by atoms with Crippen LogP contribution in [0.5, 0.6) is 0 Å². The van der Waals surface area contributed by atoms with Crippen molar-refractivity contribution >= 4 is 5.82 Å². The van der Waals surface area contributed by atoms with Crippen molar-refractivity contribution in [2.45, 2.75) is 59.5 Å². The molecule has 1 saturated heterocycles. The van der Waals surface area contributed by atoms with Crippen LogP contribution in [0.3, 0.4) is 0 Å². The van der Waals surface area contributed by atoms with Crippen LogP contribution in [-0.2, 0) is 6.54 Å². The van der Waals surface area contributed by atoms with Crippen LogP contribution in [0, 0.1) is 11.8 Å². The summed E-state index contributed by atoms with van der Waals surface area (Å²) in [4.78, 5) is 7.18. The molecule has 1 unspecified atom stereocenters. The molecule has 118 valence electrons. The number of nitrogens with one attached hydrogen (secondary N) is 1. The molecule has 1 fully saturated rings. The molecule has 1 atom stereocenters. The van der Waals surface area contributed by atoms with Crippen molar-refractivity contribution in [2.75, 3.05) is 18.0 Å². The summed E-state index contributed by atoms with van der Waals surface area (Å²) in [5.41, 5.74) is 1.33. The average Bonchev–Trinajstić information content (AvgIpc) is 2.71. The largest absolute Gasteiger partial charge is 0.356 e. The van der Waals surface area contributed by atoms with E-state index in [9.17, 15) is 0 Å². The molecule has 1 aliphatic heterocycles. The predicted molar refractivity (Wildman–Crippen MR) is 90.6 cm³/mol. The molecular formula is C18H31N3. The van der Waals surface area contributed by atoms with Crippen molar-refractivity contribution in [3.8, 4) is 0 Å². The number of aromatic nitrogens is 1. The lowest BCUT2D eigenvalue weighted by Crippen LogP contribution is -2.29. The first kappa shape index (κ1) is 16.3. The van der Waals surface area contributed by atoms with Gasteiger partial charge in [-0.2, -0.15) is 0 Å². The molecule has 1 aromatic rings. The zero-order valence-electron chi connectivity index (χ0n) is 14.1. The molecule has 2 rings (SSSR count). The summed E-state index contributed by atoms with van der Waals surface area (Å²) in [7, 11) is 0. The highest BCUT2D eigenvalue weighted by Crippen LogP contribution is 2.27. The van der Waals surface area contributed by atoms with Crippen molar-refractivity contribution < 1.29 is 0 Å². The van der Waals surface area contributed by atoms with E-state index in [1.54, 1.807) is 0 Å². The van der Waals surface area contributed by atoms with Gasteiger partial charge in [0.15, 0.2) is 0 Å². The van der Waals surface area contributed by atoms with E-state index >= 15 is 0 Å². The Balaban J connectivity index is 2.07. The Bertz CT molecular complexity index is 428. The van der Waals surface area contributed by atoms with Crippen molar-refractivity contribution in [1.82, 2.24) is 10.3 Å². The fourth-order valence-electron chi connectivity index (χ4n) is 3.17. The molecule has 0 aromatic carbocycles. The quantitative estimate of drug-likeness (QED) is 0.892. The van der Waals surface area contributed by atoms with Gasteiger partial charge in [0, 0.05) is 37.4 Å². The Hall–Kier alpha value is -1.09. The summed E-state index contributed by atoms with van der Waals surface area (Å²) < 4.78 is 0. The zero-order chi connectivity index (χ0) is 15.2. The Morgan fingerprint density at radius 3 is 2.76 bits per heavy atom. The first-order valence-corrected chi connectivity index (χ1v) is 8.50. The van der Waals surface area contributed by atoms with Gasteiger partial charge < -0.3 is 10.2 Å². The van der Waals surface area contributed by atoms with E-state index < -0.39 is 0 Å². The maximum atomic E-state index is 4.68. The van der Waals surface area contributed by atoms with E-state index in [0.29, 0.717) is 6.04 Å². The van der Waals surface area contributed by atoms with E-state index in [1.807, 2.05) is 6.20 Å². The molecule has 0 aliphatic carbocycles. The van der Waals surface area contributed by atoms with Gasteiger partial charge in [-0.25, -0.2) is 4.98 Å². The number of anilines is 1. The molecule has 3 heteroatoms. The first-order chi connectivity index (χ1) is 10.1. The molecule has 1 N–H and O–H groups in total. The zero-order valence-corrected chi connectivity index (χ0v) is 14.1. The highest BCUT2D eigenvalue weighted by atomic mass is 15.2. The molecule has 0 spiro atoms. The minimum Gasteiger partial charge on any atom is -0.356 e. The first-order valence-electron chi connectivity index (χ1n) is 8.50. The van der Waals surface area contributed by atoms with Crippen LogP contribution in [0.15, 0.2) is 18.3 Å². The molecule has 1 aliphatic rings. The van der Waals surface area contributed by atoms with Crippen LogP contribution in [-0.4, -0.2) is 24.1 Å². The second-order valence-electron chi connectivity index (χ2n) is 6.94. The number of rotatable bonds is 5. The molecule has 2 heterocycles. The molecular weight excluding hydrogens is 258 g/mol. The lowest BCUT2D eigenvalue weighted by Gasteiger charge is -2.25. The fraction of sp³-hybridized carbons (Fsp3) is 0.722. The fourth-order valence-corrected chi connectivity index (χ4v) is 3.17. The number of nitrogens with zero attached hydrogens (tertiary/aromatic N) is 2. The van der Waals surface area contributed by atoms with Gasteiger partial charge in [0.2, 0.25) is 0 Å². The van der Waals surface area contributed by atoms with Crippen LogP contribution in [0.4, 0.5) is 5.82 Å². The Morgan fingerprint density at radius 2 is 2.05 bits per heavy atom. The summed E-state index contributed by atoms with van der Waals surface area (Å²) in [6.07, 6.45) is 5.88. The van der Waals surface area contributed by atoms with Gasteiger partial charge in [-0.3, -0.25) is 0 Å². The summed E-state index contributed by atoms with van der Waals surface area (Å²) in [5.74, 6) is 2.86. The van der Waals surface area contributed by atoms with E-state index in [4.69, 9.17) is 0 Å². The smallest absolute Gasteiger partial charge is 0.133 e. The van der Waals surface area contributed by atoms with Crippen molar-refractivity contribution in [3.63, 3.8) is 0 Å². The SMILES string of the molecule is CC(C)NCc1cccnc1N1CCCC(C(C)C)CC1. The summed E-state index contributed by atoms with van der Waals surface area (Å²) >= 11 is 0. The van der Waals surface area contributed by atoms with E-state index in [0.717, 1.165) is 31.5 Å². The summed E-state index contributed by atoms with van der Waals surface area (Å²) in [5, 5.41) is 3.52. The van der Waals surface area contributed by atoms with Crippen LogP contribution in [0.25, 0.3) is 0 Å². The van der Waals surface area contributed by atoms with Crippen LogP contribution in [0.1, 0.15) is 52.5 Å². The highest BCUT2D eigenvalue weighted by molar-refractivity contribution is 5.46. The van der Waals surface area contributed by atoms with Gasteiger partial charge in [0.25, 0.3) is 0 Å². The third kappa shape index (κ3) is 4.70. The van der Waals surface area contributed by atoms with Crippen LogP contribution < -0.4 is 10.2 Å². The lowest BCUT2D eigenvalue weighted by molar-refractivity contribution is 0.351. The van der Waals surface area contributed by atoms with Crippen molar-refractivity contribution in [2.24, 2.45) is 11.8 Å². The van der Waals surface area contributed by atoms with E-state index in [2.05, 4.69) is 55.0 Å². The maximum Gasteiger partial charge on any atom is 0.133 e. The van der Waals surface area contributed by atoms with Crippen molar-refractivity contribution in [1.29, 1.82) is 0 Å². The molecule has 0 bridgehead atoms. The normalized spacial score (nSPS) is 20.1. The Morgan fingerprint density at radius 1 is 1.24 bits per heavy atom. The molecule has 0 saturated carbocycles. The topological polar surface area (TPSA) is 28.2 Å².